The Balaban J connectivity index is 1.97. The largest absolute Gasteiger partial charge is 0.462 e. The van der Waals surface area contributed by atoms with Gasteiger partial charge in [-0.05, 0) is 51.0 Å². The number of rotatable bonds is 5. The van der Waals surface area contributed by atoms with Gasteiger partial charge in [-0.25, -0.2) is 9.78 Å². The van der Waals surface area contributed by atoms with Crippen LogP contribution in [0.4, 0.5) is 5.82 Å². The van der Waals surface area contributed by atoms with E-state index in [9.17, 15) is 9.59 Å². The highest BCUT2D eigenvalue weighted by molar-refractivity contribution is 5.95. The number of anilines is 1. The summed E-state index contributed by atoms with van der Waals surface area (Å²) in [6.45, 7) is 3.75. The number of hydrogen-bond acceptors (Lipinski definition) is 5. The molecule has 1 aliphatic carbocycles. The second kappa shape index (κ2) is 8.37. The Bertz CT molecular complexity index is 1220. The van der Waals surface area contributed by atoms with Crippen molar-refractivity contribution in [1.82, 2.24) is 9.55 Å². The molecule has 0 fully saturated rings. The lowest BCUT2D eigenvalue weighted by Gasteiger charge is -2.19. The van der Waals surface area contributed by atoms with E-state index in [2.05, 4.69) is 22.5 Å². The number of nitrogens with zero attached hydrogens (tertiary/aromatic N) is 2. The van der Waals surface area contributed by atoms with E-state index in [1.807, 2.05) is 41.0 Å². The fourth-order valence-electron chi connectivity index (χ4n) is 3.52. The second-order valence-electron chi connectivity index (χ2n) is 7.04. The average molecular weight is 401 g/mol. The number of benzene rings is 1. The van der Waals surface area contributed by atoms with E-state index < -0.39 is 5.97 Å². The molecule has 4 rings (SSSR count). The van der Waals surface area contributed by atoms with Crippen LogP contribution in [0.5, 0.6) is 0 Å². The lowest BCUT2D eigenvalue weighted by atomic mass is 10.1. The molecule has 3 aromatic rings. The summed E-state index contributed by atoms with van der Waals surface area (Å²) < 4.78 is 7.03. The summed E-state index contributed by atoms with van der Waals surface area (Å²) in [5, 5.41) is 3.73. The van der Waals surface area contributed by atoms with E-state index in [0.29, 0.717) is 28.1 Å². The van der Waals surface area contributed by atoms with Gasteiger partial charge in [-0.3, -0.25) is 9.36 Å². The predicted octanol–water partition coefficient (Wildman–Crippen LogP) is 4.52. The normalized spacial score (nSPS) is 13.2. The van der Waals surface area contributed by atoms with Crippen molar-refractivity contribution in [3.8, 4) is 5.69 Å². The Hall–Kier alpha value is -3.67. The molecule has 2 heterocycles. The van der Waals surface area contributed by atoms with Crippen LogP contribution in [0.1, 0.15) is 35.8 Å². The Kier molecular flexibility index (Phi) is 5.48. The van der Waals surface area contributed by atoms with Gasteiger partial charge in [0.15, 0.2) is 5.43 Å². The first-order valence-corrected chi connectivity index (χ1v) is 10.0. The SMILES string of the molecule is CCOC(=O)c1cc2c(=O)cc(NC3=CCCC=C3)n(-c3ccccc3)c2nc1C. The maximum Gasteiger partial charge on any atom is 0.339 e. The number of pyridine rings is 2. The minimum absolute atomic E-state index is 0.210. The number of fused-ring (bicyclic) bond motifs is 1. The fraction of sp³-hybridized carbons (Fsp3) is 0.208. The number of carbonyl (C=O) groups excluding carboxylic acids is 1. The van der Waals surface area contributed by atoms with E-state index in [4.69, 9.17) is 4.74 Å². The summed E-state index contributed by atoms with van der Waals surface area (Å²) in [7, 11) is 0. The molecule has 152 valence electrons. The highest BCUT2D eigenvalue weighted by Crippen LogP contribution is 2.25. The lowest BCUT2D eigenvalue weighted by molar-refractivity contribution is 0.0525. The van der Waals surface area contributed by atoms with Crippen LogP contribution in [0, 0.1) is 6.92 Å². The Labute approximate surface area is 174 Å². The monoisotopic (exact) mass is 401 g/mol. The van der Waals surface area contributed by atoms with E-state index in [1.54, 1.807) is 26.0 Å². The first-order valence-electron chi connectivity index (χ1n) is 10.0. The number of esters is 1. The smallest absolute Gasteiger partial charge is 0.339 e. The van der Waals surface area contributed by atoms with Crippen LogP contribution in [-0.4, -0.2) is 22.1 Å². The number of aromatic nitrogens is 2. The number of allylic oxidation sites excluding steroid dienone is 3. The molecule has 0 radical (unpaired) electrons. The van der Waals surface area contributed by atoms with Crippen LogP contribution in [0.2, 0.25) is 0 Å². The molecule has 6 nitrogen and oxygen atoms in total. The van der Waals surface area contributed by atoms with Gasteiger partial charge in [0.25, 0.3) is 0 Å². The van der Waals surface area contributed by atoms with Crippen LogP contribution in [0.15, 0.2) is 71.2 Å². The lowest BCUT2D eigenvalue weighted by Crippen LogP contribution is -2.17. The third-order valence-corrected chi connectivity index (χ3v) is 4.96. The van der Waals surface area contributed by atoms with Crippen LogP contribution in [0.25, 0.3) is 16.7 Å². The van der Waals surface area contributed by atoms with Crippen LogP contribution in [-0.2, 0) is 4.74 Å². The molecule has 1 aliphatic rings. The van der Waals surface area contributed by atoms with Crippen molar-refractivity contribution in [1.29, 1.82) is 0 Å². The van der Waals surface area contributed by atoms with Gasteiger partial charge in [0, 0.05) is 17.5 Å². The van der Waals surface area contributed by atoms with Gasteiger partial charge in [-0.15, -0.1) is 0 Å². The summed E-state index contributed by atoms with van der Waals surface area (Å²) in [5.74, 6) is 0.141. The van der Waals surface area contributed by atoms with Gasteiger partial charge in [0.2, 0.25) is 0 Å². The van der Waals surface area contributed by atoms with E-state index in [-0.39, 0.29) is 12.0 Å². The molecule has 1 aromatic carbocycles. The number of nitrogens with one attached hydrogen (secondary N) is 1. The summed E-state index contributed by atoms with van der Waals surface area (Å²) in [6.07, 6.45) is 8.17. The quantitative estimate of drug-likeness (QED) is 0.637. The number of hydrogen-bond donors (Lipinski definition) is 1. The van der Waals surface area contributed by atoms with Crippen molar-refractivity contribution in [2.75, 3.05) is 11.9 Å². The highest BCUT2D eigenvalue weighted by Gasteiger charge is 2.18. The molecule has 0 saturated heterocycles. The van der Waals surface area contributed by atoms with Crippen LogP contribution >= 0.6 is 0 Å². The van der Waals surface area contributed by atoms with Gasteiger partial charge < -0.3 is 10.1 Å². The standard InChI is InChI=1S/C24H23N3O3/c1-3-30-24(29)19-14-20-21(28)15-22(26-17-10-6-4-7-11-17)27(23(20)25-16(19)2)18-12-8-5-9-13-18/h5-6,8-15,26H,3-4,7H2,1-2H3. The molecule has 0 atom stereocenters. The third-order valence-electron chi connectivity index (χ3n) is 4.96. The molecule has 30 heavy (non-hydrogen) atoms. The zero-order chi connectivity index (χ0) is 21.1. The molecule has 0 saturated carbocycles. The van der Waals surface area contributed by atoms with Gasteiger partial charge in [-0.2, -0.15) is 0 Å². The molecule has 6 heteroatoms. The van der Waals surface area contributed by atoms with Crippen molar-refractivity contribution in [3.05, 3.63) is 87.9 Å². The minimum atomic E-state index is -0.477. The molecule has 0 bridgehead atoms. The highest BCUT2D eigenvalue weighted by atomic mass is 16.5. The van der Waals surface area contributed by atoms with Gasteiger partial charge in [0.1, 0.15) is 11.5 Å². The van der Waals surface area contributed by atoms with Gasteiger partial charge >= 0.3 is 5.97 Å². The van der Waals surface area contributed by atoms with E-state index in [0.717, 1.165) is 24.2 Å². The number of carbonyl (C=O) groups is 1. The van der Waals surface area contributed by atoms with Gasteiger partial charge in [-0.1, -0.05) is 30.4 Å². The van der Waals surface area contributed by atoms with Crippen molar-refractivity contribution >= 4 is 22.8 Å². The molecule has 0 amide bonds. The molecule has 1 N–H and O–H groups in total. The van der Waals surface area contributed by atoms with Crippen molar-refractivity contribution in [3.63, 3.8) is 0 Å². The minimum Gasteiger partial charge on any atom is -0.462 e. The number of aryl methyl sites for hydroxylation is 1. The fourth-order valence-corrected chi connectivity index (χ4v) is 3.52. The summed E-state index contributed by atoms with van der Waals surface area (Å²) >= 11 is 0. The van der Waals surface area contributed by atoms with E-state index >= 15 is 0 Å². The summed E-state index contributed by atoms with van der Waals surface area (Å²) in [4.78, 5) is 29.9. The Morgan fingerprint density at radius 3 is 2.70 bits per heavy atom. The average Bonchev–Trinajstić information content (AvgIpc) is 2.75. The van der Waals surface area contributed by atoms with E-state index in [1.165, 1.54) is 0 Å². The van der Waals surface area contributed by atoms with Crippen molar-refractivity contribution in [2.45, 2.75) is 26.7 Å². The number of para-hydroxylation sites is 1. The van der Waals surface area contributed by atoms with Gasteiger partial charge in [0.05, 0.1) is 23.3 Å². The molecule has 0 unspecified atom stereocenters. The summed E-state index contributed by atoms with van der Waals surface area (Å²) in [5.41, 5.74) is 2.89. The third kappa shape index (κ3) is 3.76. The number of ether oxygens (including phenoxy) is 1. The Morgan fingerprint density at radius 1 is 1.20 bits per heavy atom. The van der Waals surface area contributed by atoms with Crippen LogP contribution < -0.4 is 10.7 Å². The first-order chi connectivity index (χ1) is 14.6. The van der Waals surface area contributed by atoms with Crippen molar-refractivity contribution in [2.24, 2.45) is 0 Å². The zero-order valence-electron chi connectivity index (χ0n) is 17.0. The van der Waals surface area contributed by atoms with Crippen molar-refractivity contribution < 1.29 is 9.53 Å². The first kappa shape index (κ1) is 19.6. The molecule has 0 spiro atoms. The maximum atomic E-state index is 13.0. The summed E-state index contributed by atoms with van der Waals surface area (Å²) in [6, 6.07) is 12.8. The molecular weight excluding hydrogens is 378 g/mol. The topological polar surface area (TPSA) is 73.2 Å². The molecule has 0 aliphatic heterocycles. The maximum absolute atomic E-state index is 13.0. The van der Waals surface area contributed by atoms with Crippen LogP contribution in [0.3, 0.4) is 0 Å². The zero-order valence-corrected chi connectivity index (χ0v) is 17.0. The predicted molar refractivity (Wildman–Crippen MR) is 118 cm³/mol. The molecule has 2 aromatic heterocycles. The Morgan fingerprint density at radius 2 is 2.00 bits per heavy atom. The molecular formula is C24H23N3O3. The second-order valence-corrected chi connectivity index (χ2v) is 7.04.